The Bertz CT molecular complexity index is 643. The van der Waals surface area contributed by atoms with Crippen LogP contribution in [-0.2, 0) is 6.42 Å². The van der Waals surface area contributed by atoms with E-state index in [1.165, 1.54) is 18.1 Å². The fourth-order valence-corrected chi connectivity index (χ4v) is 2.32. The molecular formula is C10H10N6S. The summed E-state index contributed by atoms with van der Waals surface area (Å²) >= 11 is 1.48. The highest BCUT2D eigenvalue weighted by atomic mass is 32.2. The monoisotopic (exact) mass is 246 g/mol. The topological polar surface area (TPSA) is 83.1 Å². The van der Waals surface area contributed by atoms with Crippen LogP contribution in [0.1, 0.15) is 12.6 Å². The van der Waals surface area contributed by atoms with E-state index in [2.05, 4.69) is 37.1 Å². The molecule has 0 unspecified atom stereocenters. The summed E-state index contributed by atoms with van der Waals surface area (Å²) in [6, 6.07) is 0. The molecule has 0 bridgehead atoms. The summed E-state index contributed by atoms with van der Waals surface area (Å²) in [7, 11) is 0. The fraction of sp³-hybridized carbons (Fsp3) is 0.200. The second-order valence-electron chi connectivity index (χ2n) is 3.48. The van der Waals surface area contributed by atoms with Crippen LogP contribution in [-0.4, -0.2) is 30.1 Å². The molecule has 0 aromatic carbocycles. The predicted octanol–water partition coefficient (Wildman–Crippen LogP) is 1.79. The van der Waals surface area contributed by atoms with Gasteiger partial charge in [0.1, 0.15) is 11.4 Å². The van der Waals surface area contributed by atoms with Crippen molar-refractivity contribution in [3.05, 3.63) is 24.4 Å². The lowest BCUT2D eigenvalue weighted by Gasteiger charge is -1.97. The van der Waals surface area contributed by atoms with E-state index in [9.17, 15) is 0 Å². The van der Waals surface area contributed by atoms with E-state index >= 15 is 0 Å². The zero-order valence-corrected chi connectivity index (χ0v) is 9.95. The molecule has 0 radical (unpaired) electrons. The van der Waals surface area contributed by atoms with E-state index in [4.69, 9.17) is 0 Å². The molecule has 3 aromatic heterocycles. The molecular weight excluding hydrogens is 236 g/mol. The summed E-state index contributed by atoms with van der Waals surface area (Å²) in [5.74, 6) is 0. The van der Waals surface area contributed by atoms with Crippen LogP contribution in [0.25, 0.3) is 11.0 Å². The first-order valence-corrected chi connectivity index (χ1v) is 6.04. The number of rotatable bonds is 3. The number of imidazole rings is 1. The van der Waals surface area contributed by atoms with Crippen molar-refractivity contribution in [1.29, 1.82) is 0 Å². The molecule has 0 saturated carbocycles. The highest BCUT2D eigenvalue weighted by Crippen LogP contribution is 2.27. The third-order valence-corrected chi connectivity index (χ3v) is 3.31. The number of hydrogen-bond donors (Lipinski definition) is 2. The molecule has 0 aliphatic heterocycles. The van der Waals surface area contributed by atoms with Gasteiger partial charge in [0.2, 0.25) is 0 Å². The van der Waals surface area contributed by atoms with Gasteiger partial charge in [0.05, 0.1) is 11.6 Å². The molecule has 3 aromatic rings. The van der Waals surface area contributed by atoms with Crippen molar-refractivity contribution < 1.29 is 0 Å². The minimum absolute atomic E-state index is 0.741. The number of aromatic nitrogens is 6. The van der Waals surface area contributed by atoms with Crippen LogP contribution in [0.3, 0.4) is 0 Å². The maximum absolute atomic E-state index is 4.29. The van der Waals surface area contributed by atoms with E-state index in [0.717, 1.165) is 33.3 Å². The maximum Gasteiger partial charge on any atom is 0.171 e. The largest absolute Gasteiger partial charge is 0.337 e. The standard InChI is InChI=1S/C10H10N6S/c1-2-6-3-11-10(15-6)17-9-7-4-14-16-8(7)12-5-13-9/h3-5H,2H2,1H3,(H,11,15)(H,12,13,14,16). The second kappa shape index (κ2) is 4.17. The molecule has 0 aliphatic carbocycles. The summed E-state index contributed by atoms with van der Waals surface area (Å²) in [6.07, 6.45) is 6.03. The zero-order valence-electron chi connectivity index (χ0n) is 9.14. The van der Waals surface area contributed by atoms with Crippen molar-refractivity contribution >= 4 is 22.8 Å². The third kappa shape index (κ3) is 1.89. The Kier molecular flexibility index (Phi) is 2.52. The van der Waals surface area contributed by atoms with Crippen LogP contribution in [0, 0.1) is 0 Å². The summed E-state index contributed by atoms with van der Waals surface area (Å²) in [4.78, 5) is 15.9. The Labute approximate surface area is 101 Å². The number of nitrogens with one attached hydrogen (secondary N) is 2. The lowest BCUT2D eigenvalue weighted by atomic mass is 10.4. The number of aryl methyl sites for hydroxylation is 1. The van der Waals surface area contributed by atoms with Gasteiger partial charge in [0.15, 0.2) is 10.8 Å². The van der Waals surface area contributed by atoms with Gasteiger partial charge in [0, 0.05) is 11.9 Å². The van der Waals surface area contributed by atoms with E-state index in [-0.39, 0.29) is 0 Å². The van der Waals surface area contributed by atoms with Gasteiger partial charge in [-0.3, -0.25) is 5.10 Å². The van der Waals surface area contributed by atoms with Crippen molar-refractivity contribution in [2.45, 2.75) is 23.5 Å². The van der Waals surface area contributed by atoms with Crippen LogP contribution >= 0.6 is 11.8 Å². The highest BCUT2D eigenvalue weighted by Gasteiger charge is 2.09. The summed E-state index contributed by atoms with van der Waals surface area (Å²) in [5, 5.41) is 9.36. The molecule has 0 aliphatic rings. The van der Waals surface area contributed by atoms with Gasteiger partial charge in [-0.05, 0) is 18.2 Å². The van der Waals surface area contributed by atoms with Gasteiger partial charge in [0.25, 0.3) is 0 Å². The van der Waals surface area contributed by atoms with Crippen LogP contribution in [0.15, 0.2) is 28.9 Å². The van der Waals surface area contributed by atoms with Crippen molar-refractivity contribution in [3.8, 4) is 0 Å². The van der Waals surface area contributed by atoms with Crippen molar-refractivity contribution in [2.75, 3.05) is 0 Å². The number of fused-ring (bicyclic) bond motifs is 1. The molecule has 0 atom stereocenters. The summed E-state index contributed by atoms with van der Waals surface area (Å²) < 4.78 is 0. The average molecular weight is 246 g/mol. The van der Waals surface area contributed by atoms with Crippen LogP contribution in [0.5, 0.6) is 0 Å². The lowest BCUT2D eigenvalue weighted by Crippen LogP contribution is -1.85. The number of nitrogens with zero attached hydrogens (tertiary/aromatic N) is 4. The SMILES string of the molecule is CCc1cnc(Sc2ncnc3[nH]ncc23)[nH]1. The Morgan fingerprint density at radius 3 is 3.00 bits per heavy atom. The summed E-state index contributed by atoms with van der Waals surface area (Å²) in [5.41, 5.74) is 1.86. The number of H-pyrrole nitrogens is 2. The number of hydrogen-bond acceptors (Lipinski definition) is 5. The molecule has 0 fully saturated rings. The first-order chi connectivity index (χ1) is 8.36. The van der Waals surface area contributed by atoms with Gasteiger partial charge < -0.3 is 4.98 Å². The Morgan fingerprint density at radius 1 is 1.24 bits per heavy atom. The Morgan fingerprint density at radius 2 is 2.18 bits per heavy atom. The quantitative estimate of drug-likeness (QED) is 0.688. The van der Waals surface area contributed by atoms with E-state index in [1.807, 2.05) is 6.20 Å². The molecule has 2 N–H and O–H groups in total. The Balaban J connectivity index is 1.96. The minimum Gasteiger partial charge on any atom is -0.337 e. The van der Waals surface area contributed by atoms with E-state index in [0.29, 0.717) is 0 Å². The van der Waals surface area contributed by atoms with Crippen LogP contribution in [0.4, 0.5) is 0 Å². The van der Waals surface area contributed by atoms with Gasteiger partial charge in [-0.1, -0.05) is 6.92 Å². The predicted molar refractivity (Wildman–Crippen MR) is 63.8 cm³/mol. The second-order valence-corrected chi connectivity index (χ2v) is 4.46. The summed E-state index contributed by atoms with van der Waals surface area (Å²) in [6.45, 7) is 2.08. The third-order valence-electron chi connectivity index (χ3n) is 2.39. The molecule has 0 spiro atoms. The van der Waals surface area contributed by atoms with E-state index in [1.54, 1.807) is 6.20 Å². The fourth-order valence-electron chi connectivity index (χ4n) is 1.49. The van der Waals surface area contributed by atoms with Crippen LogP contribution < -0.4 is 0 Å². The van der Waals surface area contributed by atoms with Gasteiger partial charge in [-0.15, -0.1) is 0 Å². The first-order valence-electron chi connectivity index (χ1n) is 5.22. The van der Waals surface area contributed by atoms with Crippen molar-refractivity contribution in [2.24, 2.45) is 0 Å². The Hall–Kier alpha value is -1.89. The normalized spacial score (nSPS) is 11.1. The van der Waals surface area contributed by atoms with Crippen molar-refractivity contribution in [1.82, 2.24) is 30.1 Å². The maximum atomic E-state index is 4.29. The van der Waals surface area contributed by atoms with Gasteiger partial charge in [-0.25, -0.2) is 15.0 Å². The molecule has 17 heavy (non-hydrogen) atoms. The lowest BCUT2D eigenvalue weighted by molar-refractivity contribution is 0.987. The average Bonchev–Trinajstić information content (AvgIpc) is 2.97. The van der Waals surface area contributed by atoms with Crippen molar-refractivity contribution in [3.63, 3.8) is 0 Å². The molecule has 3 heterocycles. The first kappa shape index (κ1) is 10.3. The van der Waals surface area contributed by atoms with Gasteiger partial charge >= 0.3 is 0 Å². The molecule has 86 valence electrons. The molecule has 3 rings (SSSR count). The number of aromatic amines is 2. The molecule has 6 nitrogen and oxygen atoms in total. The van der Waals surface area contributed by atoms with Gasteiger partial charge in [-0.2, -0.15) is 5.10 Å². The van der Waals surface area contributed by atoms with Crippen LogP contribution in [0.2, 0.25) is 0 Å². The molecule has 0 amide bonds. The molecule has 0 saturated heterocycles. The zero-order chi connectivity index (χ0) is 11.7. The highest BCUT2D eigenvalue weighted by molar-refractivity contribution is 7.99. The molecule has 7 heteroatoms. The van der Waals surface area contributed by atoms with E-state index < -0.39 is 0 Å². The minimum atomic E-state index is 0.741. The smallest absolute Gasteiger partial charge is 0.171 e.